The molecule has 0 amide bonds. The average Bonchev–Trinajstić information content (AvgIpc) is 2.52. The molecule has 2 nitrogen and oxygen atoms in total. The van der Waals surface area contributed by atoms with E-state index in [9.17, 15) is 4.79 Å². The van der Waals surface area contributed by atoms with Crippen molar-refractivity contribution in [3.63, 3.8) is 0 Å². The Morgan fingerprint density at radius 3 is 2.00 bits per heavy atom. The minimum Gasteiger partial charge on any atom is -0.462 e. The Morgan fingerprint density at radius 1 is 0.818 bits per heavy atom. The van der Waals surface area contributed by atoms with Crippen LogP contribution in [0.25, 0.3) is 0 Å². The van der Waals surface area contributed by atoms with E-state index >= 15 is 0 Å². The van der Waals surface area contributed by atoms with Gasteiger partial charge in [-0.3, -0.25) is 4.79 Å². The third kappa shape index (κ3) is 8.80. The second-order valence-electron chi connectivity index (χ2n) is 7.09. The lowest BCUT2D eigenvalue weighted by Crippen LogP contribution is -2.32. The van der Waals surface area contributed by atoms with Gasteiger partial charge in [-0.1, -0.05) is 78.1 Å². The lowest BCUT2D eigenvalue weighted by atomic mass is 9.86. The van der Waals surface area contributed by atoms with Gasteiger partial charge in [-0.2, -0.15) is 0 Å². The van der Waals surface area contributed by atoms with E-state index in [1.807, 2.05) is 0 Å². The van der Waals surface area contributed by atoms with Crippen LogP contribution in [0.5, 0.6) is 0 Å². The van der Waals surface area contributed by atoms with Crippen molar-refractivity contribution in [1.29, 1.82) is 0 Å². The van der Waals surface area contributed by atoms with Gasteiger partial charge in [-0.25, -0.2) is 0 Å². The van der Waals surface area contributed by atoms with Crippen molar-refractivity contribution in [1.82, 2.24) is 0 Å². The second-order valence-corrected chi connectivity index (χ2v) is 7.09. The first kappa shape index (κ1) is 19.5. The summed E-state index contributed by atoms with van der Waals surface area (Å²) in [6, 6.07) is 0. The predicted octanol–water partition coefficient (Wildman–Crippen LogP) is 6.42. The molecule has 0 saturated carbocycles. The molecule has 0 N–H and O–H groups in total. The number of hydrogen-bond acceptors (Lipinski definition) is 2. The predicted molar refractivity (Wildman–Crippen MR) is 94.0 cm³/mol. The van der Waals surface area contributed by atoms with Crippen molar-refractivity contribution in [3.05, 3.63) is 0 Å². The highest BCUT2D eigenvalue weighted by molar-refractivity contribution is 5.70. The van der Waals surface area contributed by atoms with Crippen LogP contribution in [-0.4, -0.2) is 12.1 Å². The molecular formula is C20H38O2. The smallest absolute Gasteiger partial charge is 0.306 e. The number of carbonyl (C=O) groups is 1. The zero-order chi connectivity index (χ0) is 16.0. The fraction of sp³-hybridized carbons (Fsp3) is 0.950. The highest BCUT2D eigenvalue weighted by Gasteiger charge is 2.29. The molecule has 0 unspecified atom stereocenters. The van der Waals surface area contributed by atoms with Gasteiger partial charge in [0, 0.05) is 6.42 Å². The van der Waals surface area contributed by atoms with E-state index in [0.29, 0.717) is 12.3 Å². The first-order valence-electron chi connectivity index (χ1n) is 9.97. The Morgan fingerprint density at radius 2 is 1.36 bits per heavy atom. The lowest BCUT2D eigenvalue weighted by molar-refractivity contribution is -0.159. The third-order valence-corrected chi connectivity index (χ3v) is 5.05. The average molecular weight is 311 g/mol. The van der Waals surface area contributed by atoms with Crippen LogP contribution >= 0.6 is 0 Å². The molecule has 0 bridgehead atoms. The van der Waals surface area contributed by atoms with Crippen molar-refractivity contribution in [3.8, 4) is 0 Å². The van der Waals surface area contributed by atoms with Gasteiger partial charge in [0.2, 0.25) is 0 Å². The van der Waals surface area contributed by atoms with Crippen LogP contribution in [0, 0.1) is 5.92 Å². The van der Waals surface area contributed by atoms with Crippen LogP contribution in [0.15, 0.2) is 0 Å². The Bertz CT molecular complexity index is 275. The maximum absolute atomic E-state index is 11.6. The van der Waals surface area contributed by atoms with Gasteiger partial charge in [0.1, 0.15) is 6.10 Å². The van der Waals surface area contributed by atoms with Crippen molar-refractivity contribution >= 4 is 5.97 Å². The number of rotatable bonds is 13. The third-order valence-electron chi connectivity index (χ3n) is 5.05. The zero-order valence-electron chi connectivity index (χ0n) is 15.1. The summed E-state index contributed by atoms with van der Waals surface area (Å²) in [6.07, 6.45) is 18.9. The second kappa shape index (κ2) is 13.0. The van der Waals surface area contributed by atoms with Crippen LogP contribution in [0.1, 0.15) is 110 Å². The lowest BCUT2D eigenvalue weighted by Gasteiger charge is -2.31. The summed E-state index contributed by atoms with van der Waals surface area (Å²) in [5, 5.41) is 0. The van der Waals surface area contributed by atoms with Crippen LogP contribution in [0.4, 0.5) is 0 Å². The van der Waals surface area contributed by atoms with Gasteiger partial charge in [0.15, 0.2) is 0 Å². The maximum atomic E-state index is 11.6. The molecular weight excluding hydrogens is 272 g/mol. The van der Waals surface area contributed by atoms with Crippen molar-refractivity contribution < 1.29 is 9.53 Å². The molecule has 22 heavy (non-hydrogen) atoms. The Kier molecular flexibility index (Phi) is 11.5. The van der Waals surface area contributed by atoms with E-state index in [4.69, 9.17) is 4.74 Å². The summed E-state index contributed by atoms with van der Waals surface area (Å²) >= 11 is 0. The summed E-state index contributed by atoms with van der Waals surface area (Å²) in [4.78, 5) is 11.6. The van der Waals surface area contributed by atoms with Crippen LogP contribution in [-0.2, 0) is 9.53 Å². The summed E-state index contributed by atoms with van der Waals surface area (Å²) in [6.45, 7) is 4.52. The number of cyclic esters (lactones) is 1. The highest BCUT2D eigenvalue weighted by Crippen LogP contribution is 2.30. The molecule has 1 aliphatic rings. The van der Waals surface area contributed by atoms with E-state index in [1.165, 1.54) is 77.0 Å². The summed E-state index contributed by atoms with van der Waals surface area (Å²) < 4.78 is 5.67. The monoisotopic (exact) mass is 310 g/mol. The zero-order valence-corrected chi connectivity index (χ0v) is 15.1. The minimum absolute atomic E-state index is 0.0400. The maximum Gasteiger partial charge on any atom is 0.306 e. The van der Waals surface area contributed by atoms with E-state index in [0.717, 1.165) is 12.8 Å². The number of esters is 1. The SMILES string of the molecule is CCCCCCCC[C@H]1OC(=O)CC[C@@H]1CCCCCCC. The van der Waals surface area contributed by atoms with E-state index in [1.54, 1.807) is 0 Å². The standard InChI is InChI=1S/C20H38O2/c1-3-5-7-9-11-13-15-19-18(16-17-20(21)22-19)14-12-10-8-6-4-2/h18-19H,3-17H2,1-2H3/t18-,19+/m0/s1. The minimum atomic E-state index is 0.0400. The van der Waals surface area contributed by atoms with Gasteiger partial charge >= 0.3 is 5.97 Å². The molecule has 1 saturated heterocycles. The first-order chi connectivity index (χ1) is 10.8. The molecule has 2 atom stereocenters. The van der Waals surface area contributed by atoms with Crippen molar-refractivity contribution in [2.45, 2.75) is 116 Å². The molecule has 0 aromatic carbocycles. The van der Waals surface area contributed by atoms with Gasteiger partial charge in [0.05, 0.1) is 0 Å². The van der Waals surface area contributed by atoms with Gasteiger partial charge in [0.25, 0.3) is 0 Å². The van der Waals surface area contributed by atoms with Crippen LogP contribution < -0.4 is 0 Å². The molecule has 1 aliphatic heterocycles. The molecule has 0 aromatic heterocycles. The Hall–Kier alpha value is -0.530. The first-order valence-corrected chi connectivity index (χ1v) is 9.97. The fourth-order valence-electron chi connectivity index (χ4n) is 3.57. The van der Waals surface area contributed by atoms with E-state index < -0.39 is 0 Å². The summed E-state index contributed by atoms with van der Waals surface area (Å²) in [5.74, 6) is 0.674. The summed E-state index contributed by atoms with van der Waals surface area (Å²) in [5.41, 5.74) is 0. The van der Waals surface area contributed by atoms with E-state index in [2.05, 4.69) is 13.8 Å². The van der Waals surface area contributed by atoms with Gasteiger partial charge in [-0.15, -0.1) is 0 Å². The Balaban J connectivity index is 2.18. The molecule has 0 aliphatic carbocycles. The van der Waals surface area contributed by atoms with Crippen molar-refractivity contribution in [2.24, 2.45) is 5.92 Å². The van der Waals surface area contributed by atoms with Gasteiger partial charge in [-0.05, 0) is 31.6 Å². The van der Waals surface area contributed by atoms with Crippen LogP contribution in [0.3, 0.4) is 0 Å². The molecule has 1 fully saturated rings. The number of hydrogen-bond donors (Lipinski definition) is 0. The molecule has 0 radical (unpaired) electrons. The number of unbranched alkanes of at least 4 members (excludes halogenated alkanes) is 9. The molecule has 130 valence electrons. The molecule has 2 heteroatoms. The number of ether oxygens (including phenoxy) is 1. The summed E-state index contributed by atoms with van der Waals surface area (Å²) in [7, 11) is 0. The van der Waals surface area contributed by atoms with Crippen molar-refractivity contribution in [2.75, 3.05) is 0 Å². The molecule has 1 heterocycles. The quantitative estimate of drug-likeness (QED) is 0.290. The highest BCUT2D eigenvalue weighted by atomic mass is 16.5. The molecule has 1 rings (SSSR count). The van der Waals surface area contributed by atoms with Crippen LogP contribution in [0.2, 0.25) is 0 Å². The molecule has 0 aromatic rings. The number of carbonyl (C=O) groups excluding carboxylic acids is 1. The normalized spacial score (nSPS) is 21.8. The van der Waals surface area contributed by atoms with Gasteiger partial charge < -0.3 is 4.74 Å². The molecule has 0 spiro atoms. The topological polar surface area (TPSA) is 26.3 Å². The van der Waals surface area contributed by atoms with E-state index in [-0.39, 0.29) is 12.1 Å². The fourth-order valence-corrected chi connectivity index (χ4v) is 3.57. The Labute approximate surface area is 138 Å². The largest absolute Gasteiger partial charge is 0.462 e.